The molecule has 0 radical (unpaired) electrons. The summed E-state index contributed by atoms with van der Waals surface area (Å²) < 4.78 is 0. The van der Waals surface area contributed by atoms with Gasteiger partial charge in [-0.3, -0.25) is 0 Å². The van der Waals surface area contributed by atoms with Crippen LogP contribution in [0.15, 0.2) is 24.3 Å². The molecule has 3 nitrogen and oxygen atoms in total. The van der Waals surface area contributed by atoms with Crippen molar-refractivity contribution in [2.24, 2.45) is 0 Å². The van der Waals surface area contributed by atoms with Gasteiger partial charge in [0.25, 0.3) is 0 Å². The Morgan fingerprint density at radius 3 is 2.45 bits per heavy atom. The van der Waals surface area contributed by atoms with E-state index in [1.54, 1.807) is 0 Å². The van der Waals surface area contributed by atoms with E-state index in [9.17, 15) is 0 Å². The fourth-order valence-corrected chi connectivity index (χ4v) is 2.92. The molecule has 1 aromatic carbocycles. The molecule has 0 spiro atoms. The third-order valence-electron chi connectivity index (χ3n) is 4.26. The largest absolute Gasteiger partial charge is 0.369 e. The van der Waals surface area contributed by atoms with Gasteiger partial charge in [-0.15, -0.1) is 0 Å². The molecular formula is C17H29N3. The van der Waals surface area contributed by atoms with Gasteiger partial charge in [-0.25, -0.2) is 0 Å². The summed E-state index contributed by atoms with van der Waals surface area (Å²) in [5, 5.41) is 3.61. The van der Waals surface area contributed by atoms with Gasteiger partial charge in [-0.1, -0.05) is 32.0 Å². The Kier molecular flexibility index (Phi) is 5.86. The normalized spacial score (nSPS) is 18.2. The Morgan fingerprint density at radius 2 is 1.80 bits per heavy atom. The predicted molar refractivity (Wildman–Crippen MR) is 87.5 cm³/mol. The van der Waals surface area contributed by atoms with Gasteiger partial charge in [-0.2, -0.15) is 0 Å². The van der Waals surface area contributed by atoms with Crippen LogP contribution in [0.25, 0.3) is 0 Å². The fraction of sp³-hybridized carbons (Fsp3) is 0.647. The Hall–Kier alpha value is -1.06. The second-order valence-corrected chi connectivity index (χ2v) is 5.66. The zero-order chi connectivity index (χ0) is 14.4. The lowest BCUT2D eigenvalue weighted by Crippen LogP contribution is -2.46. The first-order valence-corrected chi connectivity index (χ1v) is 8.05. The van der Waals surface area contributed by atoms with Crippen LogP contribution in [-0.4, -0.2) is 44.2 Å². The van der Waals surface area contributed by atoms with E-state index in [0.717, 1.165) is 19.6 Å². The highest BCUT2D eigenvalue weighted by atomic mass is 15.3. The molecule has 112 valence electrons. The highest BCUT2D eigenvalue weighted by Crippen LogP contribution is 2.27. The van der Waals surface area contributed by atoms with Gasteiger partial charge in [0, 0.05) is 37.9 Å². The van der Waals surface area contributed by atoms with Crippen molar-refractivity contribution < 1.29 is 0 Å². The molecule has 1 saturated heterocycles. The van der Waals surface area contributed by atoms with Crippen LogP contribution in [0.5, 0.6) is 0 Å². The van der Waals surface area contributed by atoms with Crippen LogP contribution in [0.1, 0.15) is 38.8 Å². The first-order valence-electron chi connectivity index (χ1n) is 8.05. The lowest BCUT2D eigenvalue weighted by Gasteiger charge is -2.37. The maximum Gasteiger partial charge on any atom is 0.0415 e. The maximum absolute atomic E-state index is 3.61. The van der Waals surface area contributed by atoms with Crippen LogP contribution in [0.2, 0.25) is 0 Å². The monoisotopic (exact) mass is 275 g/mol. The molecule has 0 bridgehead atoms. The van der Waals surface area contributed by atoms with Crippen molar-refractivity contribution >= 4 is 5.69 Å². The summed E-state index contributed by atoms with van der Waals surface area (Å²) in [6.07, 6.45) is 1.18. The van der Waals surface area contributed by atoms with Crippen molar-refractivity contribution in [3.8, 4) is 0 Å². The zero-order valence-electron chi connectivity index (χ0n) is 13.2. The quantitative estimate of drug-likeness (QED) is 0.861. The zero-order valence-corrected chi connectivity index (χ0v) is 13.2. The van der Waals surface area contributed by atoms with E-state index in [2.05, 4.69) is 60.2 Å². The molecule has 1 fully saturated rings. The molecule has 0 aliphatic carbocycles. The number of benzene rings is 1. The summed E-state index contributed by atoms with van der Waals surface area (Å²) in [6.45, 7) is 13.6. The van der Waals surface area contributed by atoms with E-state index >= 15 is 0 Å². The number of para-hydroxylation sites is 1. The predicted octanol–water partition coefficient (Wildman–Crippen LogP) is 2.89. The summed E-state index contributed by atoms with van der Waals surface area (Å²) in [6, 6.07) is 9.30. The van der Waals surface area contributed by atoms with Gasteiger partial charge < -0.3 is 15.1 Å². The van der Waals surface area contributed by atoms with E-state index < -0.39 is 0 Å². The van der Waals surface area contributed by atoms with Crippen molar-refractivity contribution in [1.82, 2.24) is 10.2 Å². The number of hydrogen-bond acceptors (Lipinski definition) is 3. The third-order valence-corrected chi connectivity index (χ3v) is 4.26. The molecule has 1 N–H and O–H groups in total. The number of anilines is 1. The molecule has 20 heavy (non-hydrogen) atoms. The second-order valence-electron chi connectivity index (χ2n) is 5.66. The Bertz CT molecular complexity index is 397. The Balaban J connectivity index is 2.08. The third kappa shape index (κ3) is 3.74. The molecule has 3 heteroatoms. The van der Waals surface area contributed by atoms with Crippen molar-refractivity contribution in [1.29, 1.82) is 0 Å². The summed E-state index contributed by atoms with van der Waals surface area (Å²) in [5.74, 6) is 0. The summed E-state index contributed by atoms with van der Waals surface area (Å²) in [7, 11) is 0. The highest BCUT2D eigenvalue weighted by Gasteiger charge is 2.19. The number of piperazine rings is 1. The molecule has 1 aliphatic heterocycles. The van der Waals surface area contributed by atoms with Crippen LogP contribution in [0.4, 0.5) is 5.69 Å². The molecule has 2 rings (SSSR count). The van der Waals surface area contributed by atoms with Crippen LogP contribution in [-0.2, 0) is 0 Å². The van der Waals surface area contributed by atoms with E-state index in [1.165, 1.54) is 37.3 Å². The topological polar surface area (TPSA) is 18.5 Å². The average Bonchev–Trinajstić information content (AvgIpc) is 2.52. The SMILES string of the molecule is CCCNC(C)c1ccccc1N1CCN(CC)CC1. The van der Waals surface area contributed by atoms with Gasteiger partial charge in [0.05, 0.1) is 0 Å². The molecular weight excluding hydrogens is 246 g/mol. The number of nitrogens with zero attached hydrogens (tertiary/aromatic N) is 2. The number of nitrogens with one attached hydrogen (secondary N) is 1. The van der Waals surface area contributed by atoms with Crippen molar-refractivity contribution in [3.05, 3.63) is 29.8 Å². The first-order chi connectivity index (χ1) is 9.76. The smallest absolute Gasteiger partial charge is 0.0415 e. The number of hydrogen-bond donors (Lipinski definition) is 1. The molecule has 1 atom stereocenters. The lowest BCUT2D eigenvalue weighted by atomic mass is 10.0. The molecule has 1 aromatic rings. The number of likely N-dealkylation sites (N-methyl/N-ethyl adjacent to an activating group) is 1. The van der Waals surface area contributed by atoms with Gasteiger partial charge in [0.2, 0.25) is 0 Å². The summed E-state index contributed by atoms with van der Waals surface area (Å²) in [5.41, 5.74) is 2.85. The van der Waals surface area contributed by atoms with Crippen LogP contribution >= 0.6 is 0 Å². The molecule has 1 heterocycles. The molecule has 1 aliphatic rings. The maximum atomic E-state index is 3.61. The molecule has 0 saturated carbocycles. The second kappa shape index (κ2) is 7.65. The summed E-state index contributed by atoms with van der Waals surface area (Å²) >= 11 is 0. The van der Waals surface area contributed by atoms with E-state index in [4.69, 9.17) is 0 Å². The molecule has 1 unspecified atom stereocenters. The first kappa shape index (κ1) is 15.3. The minimum Gasteiger partial charge on any atom is -0.369 e. The van der Waals surface area contributed by atoms with Crippen molar-refractivity contribution in [2.75, 3.05) is 44.2 Å². The minimum atomic E-state index is 0.426. The fourth-order valence-electron chi connectivity index (χ4n) is 2.92. The highest BCUT2D eigenvalue weighted by molar-refractivity contribution is 5.55. The van der Waals surface area contributed by atoms with Crippen LogP contribution < -0.4 is 10.2 Å². The number of rotatable bonds is 6. The minimum absolute atomic E-state index is 0.426. The average molecular weight is 275 g/mol. The van der Waals surface area contributed by atoms with Crippen LogP contribution in [0, 0.1) is 0 Å². The van der Waals surface area contributed by atoms with Gasteiger partial charge in [0.15, 0.2) is 0 Å². The summed E-state index contributed by atoms with van der Waals surface area (Å²) in [4.78, 5) is 5.07. The van der Waals surface area contributed by atoms with E-state index in [0.29, 0.717) is 6.04 Å². The van der Waals surface area contributed by atoms with Crippen molar-refractivity contribution in [3.63, 3.8) is 0 Å². The van der Waals surface area contributed by atoms with E-state index in [-0.39, 0.29) is 0 Å². The van der Waals surface area contributed by atoms with Gasteiger partial charge >= 0.3 is 0 Å². The van der Waals surface area contributed by atoms with Crippen molar-refractivity contribution in [2.45, 2.75) is 33.2 Å². The van der Waals surface area contributed by atoms with Gasteiger partial charge in [0.1, 0.15) is 0 Å². The lowest BCUT2D eigenvalue weighted by molar-refractivity contribution is 0.271. The Morgan fingerprint density at radius 1 is 1.10 bits per heavy atom. The molecule has 0 aromatic heterocycles. The van der Waals surface area contributed by atoms with E-state index in [1.807, 2.05) is 0 Å². The Labute approximate surface area is 124 Å². The van der Waals surface area contributed by atoms with Crippen LogP contribution in [0.3, 0.4) is 0 Å². The standard InChI is InChI=1S/C17H29N3/c1-4-10-18-15(3)16-8-6-7-9-17(16)20-13-11-19(5-2)12-14-20/h6-9,15,18H,4-5,10-14H2,1-3H3. The molecule has 0 amide bonds. The van der Waals surface area contributed by atoms with Gasteiger partial charge in [-0.05, 0) is 38.1 Å².